The van der Waals surface area contributed by atoms with Gasteiger partial charge in [-0.2, -0.15) is 0 Å². The summed E-state index contributed by atoms with van der Waals surface area (Å²) >= 11 is 0. The molecule has 1 amide bonds. The molecular formula is C29H34N4O4. The van der Waals surface area contributed by atoms with Gasteiger partial charge < -0.3 is 24.5 Å². The number of amides is 1. The van der Waals surface area contributed by atoms with E-state index in [-0.39, 0.29) is 12.5 Å². The smallest absolute Gasteiger partial charge is 0.257 e. The molecule has 1 saturated heterocycles. The maximum Gasteiger partial charge on any atom is 0.257 e. The van der Waals surface area contributed by atoms with Crippen LogP contribution in [0, 0.1) is 6.92 Å². The van der Waals surface area contributed by atoms with Crippen molar-refractivity contribution in [1.29, 1.82) is 0 Å². The van der Waals surface area contributed by atoms with Crippen LogP contribution in [0.3, 0.4) is 0 Å². The highest BCUT2D eigenvalue weighted by Crippen LogP contribution is 2.31. The summed E-state index contributed by atoms with van der Waals surface area (Å²) in [6, 6.07) is 9.88. The van der Waals surface area contributed by atoms with Crippen molar-refractivity contribution in [3.8, 4) is 11.4 Å². The van der Waals surface area contributed by atoms with Crippen LogP contribution in [-0.4, -0.2) is 64.9 Å². The molecule has 8 heteroatoms. The van der Waals surface area contributed by atoms with E-state index in [1.165, 1.54) is 5.57 Å². The molecule has 3 heterocycles. The van der Waals surface area contributed by atoms with Crippen LogP contribution < -0.4 is 10.1 Å². The minimum Gasteiger partial charge on any atom is -0.496 e. The number of aliphatic hydroxyl groups is 1. The lowest BCUT2D eigenvalue weighted by atomic mass is 9.90. The number of nitrogens with one attached hydrogen (secondary N) is 1. The second-order valence-electron chi connectivity index (χ2n) is 9.61. The van der Waals surface area contributed by atoms with Gasteiger partial charge in [-0.15, -0.1) is 0 Å². The highest BCUT2D eigenvalue weighted by atomic mass is 16.5. The van der Waals surface area contributed by atoms with Crippen molar-refractivity contribution < 1.29 is 19.4 Å². The number of aryl methyl sites for hydroxylation is 1. The Bertz CT molecular complexity index is 1290. The number of rotatable bonds is 7. The number of carbonyl (C=O) groups is 1. The SMILES string of the molecule is COc1cc(-n2ccc(C(=O)Nc3cnc(C4=CCC(N5CCOCC5)CC4)c(C)c3)c2)ccc1CO. The monoisotopic (exact) mass is 502 g/mol. The van der Waals surface area contributed by atoms with Gasteiger partial charge in [0.2, 0.25) is 0 Å². The number of nitrogens with zero attached hydrogens (tertiary/aromatic N) is 3. The van der Waals surface area contributed by atoms with Crippen molar-refractivity contribution >= 4 is 17.2 Å². The lowest BCUT2D eigenvalue weighted by Gasteiger charge is -2.36. The van der Waals surface area contributed by atoms with E-state index in [1.54, 1.807) is 25.6 Å². The number of hydrogen-bond donors (Lipinski definition) is 2. The molecule has 194 valence electrons. The van der Waals surface area contributed by atoms with E-state index in [4.69, 9.17) is 14.5 Å². The second-order valence-corrected chi connectivity index (χ2v) is 9.61. The zero-order valence-corrected chi connectivity index (χ0v) is 21.4. The maximum atomic E-state index is 12.9. The second kappa shape index (κ2) is 11.3. The van der Waals surface area contributed by atoms with Gasteiger partial charge in [-0.05, 0) is 55.5 Å². The van der Waals surface area contributed by atoms with E-state index < -0.39 is 0 Å². The fourth-order valence-electron chi connectivity index (χ4n) is 5.21. The van der Waals surface area contributed by atoms with Crippen LogP contribution in [-0.2, 0) is 11.3 Å². The molecule has 3 aromatic rings. The average molecular weight is 503 g/mol. The Hall–Kier alpha value is -3.46. The Morgan fingerprint density at radius 1 is 1.24 bits per heavy atom. The first-order valence-corrected chi connectivity index (χ1v) is 12.8. The number of pyridine rings is 1. The normalized spacial score (nSPS) is 18.4. The zero-order valence-electron chi connectivity index (χ0n) is 21.4. The number of ether oxygens (including phenoxy) is 2. The highest BCUT2D eigenvalue weighted by Gasteiger charge is 2.24. The van der Waals surface area contributed by atoms with Gasteiger partial charge in [0, 0.05) is 48.8 Å². The van der Waals surface area contributed by atoms with Crippen LogP contribution in [0.25, 0.3) is 11.3 Å². The summed E-state index contributed by atoms with van der Waals surface area (Å²) in [5.41, 5.74) is 6.13. The third kappa shape index (κ3) is 5.61. The summed E-state index contributed by atoms with van der Waals surface area (Å²) < 4.78 is 12.7. The lowest BCUT2D eigenvalue weighted by Crippen LogP contribution is -2.43. The van der Waals surface area contributed by atoms with E-state index in [1.807, 2.05) is 42.0 Å². The summed E-state index contributed by atoms with van der Waals surface area (Å²) in [6.45, 7) is 5.66. The van der Waals surface area contributed by atoms with Crippen LogP contribution >= 0.6 is 0 Å². The van der Waals surface area contributed by atoms with Crippen LogP contribution in [0.15, 0.2) is 55.0 Å². The Morgan fingerprint density at radius 2 is 2.08 bits per heavy atom. The number of benzene rings is 1. The molecule has 1 aromatic carbocycles. The van der Waals surface area contributed by atoms with E-state index in [9.17, 15) is 9.90 Å². The molecule has 1 aliphatic heterocycles. The first-order chi connectivity index (χ1) is 18.1. The largest absolute Gasteiger partial charge is 0.496 e. The summed E-state index contributed by atoms with van der Waals surface area (Å²) in [7, 11) is 1.57. The molecule has 1 unspecified atom stereocenters. The zero-order chi connectivity index (χ0) is 25.8. The Kier molecular flexibility index (Phi) is 7.69. The lowest BCUT2D eigenvalue weighted by molar-refractivity contribution is 0.0150. The number of allylic oxidation sites excluding steroid dienone is 1. The number of morpholine rings is 1. The third-order valence-corrected chi connectivity index (χ3v) is 7.28. The summed E-state index contributed by atoms with van der Waals surface area (Å²) in [4.78, 5) is 20.2. The number of aromatic nitrogens is 2. The molecule has 0 radical (unpaired) electrons. The van der Waals surface area contributed by atoms with Gasteiger partial charge in [0.25, 0.3) is 5.91 Å². The molecule has 0 saturated carbocycles. The average Bonchev–Trinajstić information content (AvgIpc) is 3.44. The van der Waals surface area contributed by atoms with E-state index in [0.717, 1.165) is 62.5 Å². The van der Waals surface area contributed by atoms with Gasteiger partial charge in [-0.3, -0.25) is 14.7 Å². The summed E-state index contributed by atoms with van der Waals surface area (Å²) in [5, 5.41) is 12.4. The van der Waals surface area contributed by atoms with Gasteiger partial charge in [-0.25, -0.2) is 0 Å². The molecule has 2 N–H and O–H groups in total. The van der Waals surface area contributed by atoms with Crippen molar-refractivity contribution in [1.82, 2.24) is 14.5 Å². The first kappa shape index (κ1) is 25.2. The van der Waals surface area contributed by atoms with E-state index in [0.29, 0.717) is 28.6 Å². The van der Waals surface area contributed by atoms with Crippen molar-refractivity contribution in [3.63, 3.8) is 0 Å². The van der Waals surface area contributed by atoms with Crippen molar-refractivity contribution in [3.05, 3.63) is 77.4 Å². The summed E-state index contributed by atoms with van der Waals surface area (Å²) in [6.07, 6.45) is 10.9. The standard InChI is InChI=1S/C29H34N4O4/c1-20-15-24(17-30-28(20)21-3-6-25(7-4-21)32-11-13-37-14-12-32)31-29(35)22-9-10-33(18-22)26-8-5-23(19-34)27(16-26)36-2/h3,5,8-10,15-18,25,34H,4,6-7,11-14,19H2,1-2H3,(H,31,35). The number of hydrogen-bond acceptors (Lipinski definition) is 6. The fourth-order valence-corrected chi connectivity index (χ4v) is 5.21. The van der Waals surface area contributed by atoms with Crippen molar-refractivity contribution in [2.75, 3.05) is 38.7 Å². The van der Waals surface area contributed by atoms with Crippen LogP contribution in [0.5, 0.6) is 5.75 Å². The molecule has 1 fully saturated rings. The molecule has 0 bridgehead atoms. The molecular weight excluding hydrogens is 468 g/mol. The molecule has 0 spiro atoms. The predicted molar refractivity (Wildman–Crippen MR) is 143 cm³/mol. The number of carbonyl (C=O) groups excluding carboxylic acids is 1. The minimum absolute atomic E-state index is 0.0960. The Labute approximate surface area is 217 Å². The van der Waals surface area contributed by atoms with Crippen LogP contribution in [0.2, 0.25) is 0 Å². The Balaban J connectivity index is 1.24. The third-order valence-electron chi connectivity index (χ3n) is 7.28. The molecule has 1 aliphatic carbocycles. The van der Waals surface area contributed by atoms with E-state index in [2.05, 4.69) is 16.3 Å². The van der Waals surface area contributed by atoms with E-state index >= 15 is 0 Å². The van der Waals surface area contributed by atoms with Crippen molar-refractivity contribution in [2.45, 2.75) is 38.8 Å². The minimum atomic E-state index is -0.197. The molecule has 5 rings (SSSR count). The van der Waals surface area contributed by atoms with Gasteiger partial charge in [-0.1, -0.05) is 12.1 Å². The van der Waals surface area contributed by atoms with Crippen LogP contribution in [0.1, 0.15) is 46.4 Å². The van der Waals surface area contributed by atoms with Gasteiger partial charge in [0.1, 0.15) is 5.75 Å². The first-order valence-electron chi connectivity index (χ1n) is 12.8. The number of aliphatic hydroxyl groups excluding tert-OH is 1. The highest BCUT2D eigenvalue weighted by molar-refractivity contribution is 6.04. The van der Waals surface area contributed by atoms with Gasteiger partial charge >= 0.3 is 0 Å². The maximum absolute atomic E-state index is 12.9. The number of methoxy groups -OCH3 is 1. The van der Waals surface area contributed by atoms with Gasteiger partial charge in [0.05, 0.1) is 50.1 Å². The molecule has 8 nitrogen and oxygen atoms in total. The van der Waals surface area contributed by atoms with Crippen molar-refractivity contribution in [2.24, 2.45) is 0 Å². The number of anilines is 1. The van der Waals surface area contributed by atoms with Gasteiger partial charge in [0.15, 0.2) is 0 Å². The fraction of sp³-hybridized carbons (Fsp3) is 0.379. The Morgan fingerprint density at radius 3 is 2.78 bits per heavy atom. The topological polar surface area (TPSA) is 88.9 Å². The predicted octanol–water partition coefficient (Wildman–Crippen LogP) is 4.20. The molecule has 2 aliphatic rings. The quantitative estimate of drug-likeness (QED) is 0.503. The van der Waals surface area contributed by atoms with Crippen LogP contribution in [0.4, 0.5) is 5.69 Å². The molecule has 1 atom stereocenters. The molecule has 2 aromatic heterocycles. The summed E-state index contributed by atoms with van der Waals surface area (Å²) in [5.74, 6) is 0.405. The molecule has 37 heavy (non-hydrogen) atoms.